The molecule has 0 heterocycles. The Labute approximate surface area is 109 Å². The summed E-state index contributed by atoms with van der Waals surface area (Å²) in [7, 11) is -4.14. The van der Waals surface area contributed by atoms with E-state index in [2.05, 4.69) is 0 Å². The third-order valence-corrected chi connectivity index (χ3v) is 3.53. The van der Waals surface area contributed by atoms with E-state index in [9.17, 15) is 8.42 Å². The van der Waals surface area contributed by atoms with Crippen LogP contribution in [-0.2, 0) is 21.3 Å². The molecule has 0 amide bonds. The van der Waals surface area contributed by atoms with Gasteiger partial charge in [-0.25, -0.2) is 0 Å². The van der Waals surface area contributed by atoms with Gasteiger partial charge in [0.05, 0.1) is 4.90 Å². The summed E-state index contributed by atoms with van der Waals surface area (Å²) in [5.41, 5.74) is 1.63. The van der Waals surface area contributed by atoms with Gasteiger partial charge in [0.2, 0.25) is 0 Å². The molecular weight excluding hydrogens is 252 g/mol. The molecule has 1 N–H and O–H groups in total. The molecule has 0 saturated carbocycles. The van der Waals surface area contributed by atoms with Crippen LogP contribution in [0.4, 0.5) is 0 Å². The first-order valence-corrected chi connectivity index (χ1v) is 7.54. The lowest BCUT2D eigenvalue weighted by Gasteiger charge is -2.08. The molecule has 1 aromatic carbocycles. The van der Waals surface area contributed by atoms with Crippen molar-refractivity contribution in [1.82, 2.24) is 0 Å². The summed E-state index contributed by atoms with van der Waals surface area (Å²) in [5, 5.41) is 0. The van der Waals surface area contributed by atoms with Crippen LogP contribution in [0, 0.1) is 6.92 Å². The predicted octanol–water partition coefficient (Wildman–Crippen LogP) is 2.60. The Balaban J connectivity index is 2.72. The smallest absolute Gasteiger partial charge is 0.294 e. The lowest BCUT2D eigenvalue weighted by atomic mass is 10.1. The highest BCUT2D eigenvalue weighted by Crippen LogP contribution is 2.18. The fourth-order valence-corrected chi connectivity index (χ4v) is 2.50. The summed E-state index contributed by atoms with van der Waals surface area (Å²) in [5.74, 6) is 0. The number of ether oxygens (including phenoxy) is 1. The third-order valence-electron chi connectivity index (χ3n) is 2.58. The minimum atomic E-state index is -4.14. The van der Waals surface area contributed by atoms with Crippen LogP contribution in [0.2, 0.25) is 0 Å². The van der Waals surface area contributed by atoms with E-state index in [1.165, 1.54) is 6.07 Å². The van der Waals surface area contributed by atoms with Crippen LogP contribution in [0.5, 0.6) is 0 Å². The Morgan fingerprint density at radius 3 is 2.61 bits per heavy atom. The van der Waals surface area contributed by atoms with Crippen molar-refractivity contribution in [2.75, 3.05) is 13.2 Å². The monoisotopic (exact) mass is 272 g/mol. The third kappa shape index (κ3) is 4.76. The summed E-state index contributed by atoms with van der Waals surface area (Å²) in [4.78, 5) is 0.00333. The number of hydrogen-bond acceptors (Lipinski definition) is 3. The van der Waals surface area contributed by atoms with Gasteiger partial charge >= 0.3 is 0 Å². The minimum absolute atomic E-state index is 0.00333. The van der Waals surface area contributed by atoms with Gasteiger partial charge in [0, 0.05) is 13.2 Å². The van der Waals surface area contributed by atoms with Crippen molar-refractivity contribution in [1.29, 1.82) is 0 Å². The van der Waals surface area contributed by atoms with E-state index in [-0.39, 0.29) is 4.90 Å². The lowest BCUT2D eigenvalue weighted by Crippen LogP contribution is -2.05. The average molecular weight is 272 g/mol. The zero-order valence-electron chi connectivity index (χ0n) is 10.8. The van der Waals surface area contributed by atoms with E-state index < -0.39 is 10.1 Å². The van der Waals surface area contributed by atoms with Crippen LogP contribution in [0.25, 0.3) is 0 Å². The van der Waals surface area contributed by atoms with Crippen LogP contribution in [0.3, 0.4) is 0 Å². The van der Waals surface area contributed by atoms with Crippen molar-refractivity contribution in [3.8, 4) is 0 Å². The van der Waals surface area contributed by atoms with Crippen LogP contribution < -0.4 is 0 Å². The standard InChI is InChI=1S/C13H20O4S/c1-3-8-17-9-4-5-12-10-11(2)6-7-13(12)18(14,15)16/h6-7,10H,3-5,8-9H2,1-2H3,(H,14,15,16). The van der Waals surface area contributed by atoms with Gasteiger partial charge in [-0.1, -0.05) is 24.6 Å². The van der Waals surface area contributed by atoms with Gasteiger partial charge in [0.1, 0.15) is 0 Å². The molecule has 0 aliphatic carbocycles. The van der Waals surface area contributed by atoms with Crippen molar-refractivity contribution < 1.29 is 17.7 Å². The maximum Gasteiger partial charge on any atom is 0.294 e. The summed E-state index contributed by atoms with van der Waals surface area (Å²) < 4.78 is 36.9. The molecular formula is C13H20O4S. The van der Waals surface area contributed by atoms with Gasteiger partial charge in [0.15, 0.2) is 0 Å². The Hall–Kier alpha value is -0.910. The van der Waals surface area contributed by atoms with Crippen LogP contribution in [0.15, 0.2) is 23.1 Å². The van der Waals surface area contributed by atoms with Crippen molar-refractivity contribution in [2.24, 2.45) is 0 Å². The molecule has 0 fully saturated rings. The van der Waals surface area contributed by atoms with Gasteiger partial charge in [-0.15, -0.1) is 0 Å². The molecule has 0 unspecified atom stereocenters. The Morgan fingerprint density at radius 1 is 1.28 bits per heavy atom. The molecule has 0 saturated heterocycles. The predicted molar refractivity (Wildman–Crippen MR) is 70.4 cm³/mol. The number of benzene rings is 1. The van der Waals surface area contributed by atoms with Crippen molar-refractivity contribution >= 4 is 10.1 Å². The van der Waals surface area contributed by atoms with Gasteiger partial charge in [-0.3, -0.25) is 4.55 Å². The quantitative estimate of drug-likeness (QED) is 0.612. The maximum atomic E-state index is 11.2. The van der Waals surface area contributed by atoms with Gasteiger partial charge in [-0.05, 0) is 37.8 Å². The van der Waals surface area contributed by atoms with Crippen molar-refractivity contribution in [3.05, 3.63) is 29.3 Å². The van der Waals surface area contributed by atoms with E-state index >= 15 is 0 Å². The second-order valence-electron chi connectivity index (χ2n) is 4.30. The summed E-state index contributed by atoms with van der Waals surface area (Å²) in [6.07, 6.45) is 2.30. The number of aryl methyl sites for hydroxylation is 2. The molecule has 0 spiro atoms. The zero-order valence-corrected chi connectivity index (χ0v) is 11.7. The highest BCUT2D eigenvalue weighted by molar-refractivity contribution is 7.85. The van der Waals surface area contributed by atoms with E-state index in [4.69, 9.17) is 9.29 Å². The molecule has 0 radical (unpaired) electrons. The zero-order chi connectivity index (χ0) is 13.6. The largest absolute Gasteiger partial charge is 0.381 e. The maximum absolute atomic E-state index is 11.2. The Morgan fingerprint density at radius 2 is 2.00 bits per heavy atom. The number of rotatable bonds is 7. The highest BCUT2D eigenvalue weighted by Gasteiger charge is 2.14. The van der Waals surface area contributed by atoms with E-state index in [0.29, 0.717) is 18.6 Å². The van der Waals surface area contributed by atoms with Crippen molar-refractivity contribution in [3.63, 3.8) is 0 Å². The fourth-order valence-electron chi connectivity index (χ4n) is 1.77. The van der Waals surface area contributed by atoms with Crippen LogP contribution >= 0.6 is 0 Å². The molecule has 5 heteroatoms. The van der Waals surface area contributed by atoms with E-state index in [0.717, 1.165) is 25.0 Å². The normalized spacial score (nSPS) is 11.7. The Kier molecular flexibility index (Phi) is 5.78. The van der Waals surface area contributed by atoms with Gasteiger partial charge in [0.25, 0.3) is 10.1 Å². The molecule has 4 nitrogen and oxygen atoms in total. The minimum Gasteiger partial charge on any atom is -0.381 e. The van der Waals surface area contributed by atoms with Gasteiger partial charge < -0.3 is 4.74 Å². The second-order valence-corrected chi connectivity index (χ2v) is 5.69. The summed E-state index contributed by atoms with van der Waals surface area (Å²) in [6, 6.07) is 4.93. The molecule has 0 aromatic heterocycles. The second kappa shape index (κ2) is 6.87. The van der Waals surface area contributed by atoms with E-state index in [1.807, 2.05) is 13.8 Å². The SMILES string of the molecule is CCCOCCCc1cc(C)ccc1S(=O)(=O)O. The summed E-state index contributed by atoms with van der Waals surface area (Å²) in [6.45, 7) is 5.26. The molecule has 1 rings (SSSR count). The van der Waals surface area contributed by atoms with Gasteiger partial charge in [-0.2, -0.15) is 8.42 Å². The first-order valence-electron chi connectivity index (χ1n) is 6.10. The topological polar surface area (TPSA) is 63.6 Å². The Bertz CT molecular complexity index is 480. The molecule has 18 heavy (non-hydrogen) atoms. The molecule has 1 aromatic rings. The molecule has 0 bridgehead atoms. The molecule has 0 aliphatic rings. The van der Waals surface area contributed by atoms with E-state index in [1.54, 1.807) is 12.1 Å². The number of hydrogen-bond donors (Lipinski definition) is 1. The molecule has 102 valence electrons. The molecule has 0 aliphatic heterocycles. The van der Waals surface area contributed by atoms with Crippen LogP contribution in [0.1, 0.15) is 30.9 Å². The molecule has 0 atom stereocenters. The highest BCUT2D eigenvalue weighted by atomic mass is 32.2. The fraction of sp³-hybridized carbons (Fsp3) is 0.538. The first kappa shape index (κ1) is 15.1. The average Bonchev–Trinajstić information content (AvgIpc) is 2.27. The lowest BCUT2D eigenvalue weighted by molar-refractivity contribution is 0.132. The van der Waals surface area contributed by atoms with Crippen molar-refractivity contribution in [2.45, 2.75) is 38.0 Å². The first-order chi connectivity index (χ1) is 8.45. The van der Waals surface area contributed by atoms with Crippen LogP contribution in [-0.4, -0.2) is 26.2 Å². The summed E-state index contributed by atoms with van der Waals surface area (Å²) >= 11 is 0.